The normalized spacial score (nSPS) is 34.9. The van der Waals surface area contributed by atoms with Gasteiger partial charge < -0.3 is 14.6 Å². The van der Waals surface area contributed by atoms with Crippen LogP contribution in [-0.2, 0) is 14.9 Å². The number of hydrogen-bond donors (Lipinski definition) is 1. The molecule has 1 heterocycles. The molecule has 150 valence electrons. The predicted molar refractivity (Wildman–Crippen MR) is 87.0 cm³/mol. The zero-order valence-corrected chi connectivity index (χ0v) is 15.5. The maximum Gasteiger partial charge on any atom is 0.522 e. The number of carbonyl (C=O) groups excluding carboxylic acids is 1. The highest BCUT2D eigenvalue weighted by Crippen LogP contribution is 2.67. The Hall–Kier alpha value is -1.77. The summed E-state index contributed by atoms with van der Waals surface area (Å²) in [5, 5.41) is 7.08. The van der Waals surface area contributed by atoms with Crippen molar-refractivity contribution in [1.29, 1.82) is 0 Å². The van der Waals surface area contributed by atoms with E-state index < -0.39 is 24.2 Å². The zero-order valence-electron chi connectivity index (χ0n) is 15.5. The molecule has 1 amide bonds. The van der Waals surface area contributed by atoms with Gasteiger partial charge in [0, 0.05) is 22.9 Å². The Bertz CT molecular complexity index is 727. The zero-order chi connectivity index (χ0) is 19.7. The molecule has 4 fully saturated rings. The second-order valence-corrected chi connectivity index (χ2v) is 9.19. The number of nitrogens with one attached hydrogen (secondary N) is 1. The van der Waals surface area contributed by atoms with Gasteiger partial charge in [0.2, 0.25) is 0 Å². The third-order valence-corrected chi connectivity index (χ3v) is 5.67. The van der Waals surface area contributed by atoms with Gasteiger partial charge in [0.15, 0.2) is 0 Å². The van der Waals surface area contributed by atoms with Crippen molar-refractivity contribution in [2.45, 2.75) is 87.8 Å². The van der Waals surface area contributed by atoms with Gasteiger partial charge in [0.25, 0.3) is 0 Å². The maximum atomic E-state index is 12.2. The molecule has 27 heavy (non-hydrogen) atoms. The van der Waals surface area contributed by atoms with Crippen LogP contribution in [0, 0.1) is 0 Å². The number of alkyl carbamates (subject to hydrolysis) is 1. The summed E-state index contributed by atoms with van der Waals surface area (Å²) in [6, 6.07) is 1.85. The fraction of sp³-hybridized carbons (Fsp3) is 0.778. The highest BCUT2D eigenvalue weighted by atomic mass is 19.4. The summed E-state index contributed by atoms with van der Waals surface area (Å²) in [7, 11) is 0. The highest BCUT2D eigenvalue weighted by Gasteiger charge is 2.70. The van der Waals surface area contributed by atoms with Crippen LogP contribution < -0.4 is 5.32 Å². The third kappa shape index (κ3) is 3.53. The van der Waals surface area contributed by atoms with E-state index in [0.717, 1.165) is 25.0 Å². The second-order valence-electron chi connectivity index (χ2n) is 9.19. The van der Waals surface area contributed by atoms with Crippen LogP contribution in [0.15, 0.2) is 10.6 Å². The van der Waals surface area contributed by atoms with Crippen molar-refractivity contribution in [3.05, 3.63) is 17.5 Å². The average molecular weight is 388 g/mol. The summed E-state index contributed by atoms with van der Waals surface area (Å²) in [6.45, 7) is 5.45. The van der Waals surface area contributed by atoms with Crippen LogP contribution in [0.2, 0.25) is 0 Å². The fourth-order valence-corrected chi connectivity index (χ4v) is 4.53. The van der Waals surface area contributed by atoms with Crippen LogP contribution in [0.5, 0.6) is 0 Å². The SMILES string of the molecule is CC(C)(C)OC(=O)NC12CC(c3cc(C4CC(OC(F)(F)F)C4)on3)(C1)C2. The van der Waals surface area contributed by atoms with Gasteiger partial charge in [0.05, 0.1) is 11.8 Å². The number of amides is 1. The van der Waals surface area contributed by atoms with E-state index in [1.54, 1.807) is 0 Å². The Morgan fingerprint density at radius 1 is 1.26 bits per heavy atom. The first-order valence-corrected chi connectivity index (χ1v) is 9.10. The molecule has 5 rings (SSSR count). The molecule has 1 aromatic heterocycles. The summed E-state index contributed by atoms with van der Waals surface area (Å²) in [5.41, 5.74) is -0.0418. The number of rotatable bonds is 4. The van der Waals surface area contributed by atoms with Gasteiger partial charge in [-0.15, -0.1) is 13.2 Å². The third-order valence-electron chi connectivity index (χ3n) is 5.67. The molecule has 2 bridgehead atoms. The van der Waals surface area contributed by atoms with E-state index in [9.17, 15) is 18.0 Å². The first kappa shape index (κ1) is 18.6. The monoisotopic (exact) mass is 388 g/mol. The Morgan fingerprint density at radius 3 is 2.44 bits per heavy atom. The number of nitrogens with zero attached hydrogens (tertiary/aromatic N) is 1. The van der Waals surface area contributed by atoms with E-state index in [1.807, 2.05) is 26.8 Å². The first-order chi connectivity index (χ1) is 12.4. The number of alkyl halides is 3. The molecular formula is C18H23F3N2O4. The van der Waals surface area contributed by atoms with Crippen LogP contribution in [0.3, 0.4) is 0 Å². The molecule has 9 heteroatoms. The lowest BCUT2D eigenvalue weighted by atomic mass is 9.38. The minimum absolute atomic E-state index is 0.0835. The van der Waals surface area contributed by atoms with E-state index >= 15 is 0 Å². The van der Waals surface area contributed by atoms with E-state index in [1.165, 1.54) is 0 Å². The molecule has 4 saturated carbocycles. The van der Waals surface area contributed by atoms with Gasteiger partial charge in [-0.2, -0.15) is 0 Å². The molecule has 0 unspecified atom stereocenters. The molecule has 0 saturated heterocycles. The van der Waals surface area contributed by atoms with Gasteiger partial charge in [-0.05, 0) is 52.9 Å². The van der Waals surface area contributed by atoms with Crippen molar-refractivity contribution in [3.63, 3.8) is 0 Å². The topological polar surface area (TPSA) is 73.6 Å². The second kappa shape index (κ2) is 5.62. The van der Waals surface area contributed by atoms with Gasteiger partial charge in [-0.1, -0.05) is 5.16 Å². The molecule has 1 aromatic rings. The minimum atomic E-state index is -4.59. The Kier molecular flexibility index (Phi) is 3.87. The molecule has 0 spiro atoms. The van der Waals surface area contributed by atoms with Gasteiger partial charge in [0.1, 0.15) is 11.4 Å². The number of halogens is 3. The smallest absolute Gasteiger partial charge is 0.444 e. The molecular weight excluding hydrogens is 365 g/mol. The number of aromatic nitrogens is 1. The quantitative estimate of drug-likeness (QED) is 0.839. The summed E-state index contributed by atoms with van der Waals surface area (Å²) in [5.74, 6) is 0.533. The molecule has 0 atom stereocenters. The molecule has 0 aliphatic heterocycles. The molecule has 0 radical (unpaired) electrons. The average Bonchev–Trinajstić information content (AvgIpc) is 2.81. The van der Waals surface area contributed by atoms with E-state index in [4.69, 9.17) is 9.26 Å². The number of hydrogen-bond acceptors (Lipinski definition) is 5. The van der Waals surface area contributed by atoms with Crippen molar-refractivity contribution in [2.24, 2.45) is 0 Å². The van der Waals surface area contributed by atoms with E-state index in [-0.39, 0.29) is 29.7 Å². The van der Waals surface area contributed by atoms with Crippen molar-refractivity contribution in [3.8, 4) is 0 Å². The van der Waals surface area contributed by atoms with Crippen LogP contribution in [0.4, 0.5) is 18.0 Å². The summed E-state index contributed by atoms with van der Waals surface area (Å²) >= 11 is 0. The maximum absolute atomic E-state index is 12.2. The Labute approximate surface area is 154 Å². The Balaban J connectivity index is 1.28. The summed E-state index contributed by atoms with van der Waals surface area (Å²) < 4.78 is 51.3. The molecule has 4 aliphatic rings. The Morgan fingerprint density at radius 2 is 1.89 bits per heavy atom. The molecule has 6 nitrogen and oxygen atoms in total. The first-order valence-electron chi connectivity index (χ1n) is 9.10. The number of carbonyl (C=O) groups is 1. The molecule has 0 aromatic carbocycles. The largest absolute Gasteiger partial charge is 0.522 e. The standard InChI is InChI=1S/C18H23F3N2O4/c1-15(2,3)26-14(24)22-17-7-16(8-17,9-17)13-6-12(27-23-13)10-4-11(5-10)25-18(19,20)21/h6,10-11H,4-5,7-9H2,1-3H3,(H,22,24). The summed E-state index contributed by atoms with van der Waals surface area (Å²) in [6.07, 6.45) is -2.93. The van der Waals surface area contributed by atoms with Crippen LogP contribution >= 0.6 is 0 Å². The molecule has 1 N–H and O–H groups in total. The summed E-state index contributed by atoms with van der Waals surface area (Å²) in [4.78, 5) is 11.9. The van der Waals surface area contributed by atoms with Gasteiger partial charge in [-0.3, -0.25) is 4.74 Å². The molecule has 4 aliphatic carbocycles. The van der Waals surface area contributed by atoms with Gasteiger partial charge >= 0.3 is 12.5 Å². The van der Waals surface area contributed by atoms with Crippen LogP contribution in [-0.4, -0.2) is 34.9 Å². The van der Waals surface area contributed by atoms with Crippen molar-refractivity contribution >= 4 is 6.09 Å². The van der Waals surface area contributed by atoms with E-state index in [2.05, 4.69) is 15.2 Å². The predicted octanol–water partition coefficient (Wildman–Crippen LogP) is 4.16. The van der Waals surface area contributed by atoms with Crippen molar-refractivity contribution < 1.29 is 32.0 Å². The van der Waals surface area contributed by atoms with Gasteiger partial charge in [-0.25, -0.2) is 4.79 Å². The fourth-order valence-electron chi connectivity index (χ4n) is 4.53. The van der Waals surface area contributed by atoms with E-state index in [0.29, 0.717) is 5.76 Å². The lowest BCUT2D eigenvalue weighted by Crippen LogP contribution is -2.77. The lowest BCUT2D eigenvalue weighted by molar-refractivity contribution is -0.352. The van der Waals surface area contributed by atoms with Crippen molar-refractivity contribution in [1.82, 2.24) is 10.5 Å². The highest BCUT2D eigenvalue weighted by molar-refractivity contribution is 5.70. The van der Waals surface area contributed by atoms with Crippen LogP contribution in [0.1, 0.15) is 70.2 Å². The van der Waals surface area contributed by atoms with Crippen molar-refractivity contribution in [2.75, 3.05) is 0 Å². The van der Waals surface area contributed by atoms with Crippen LogP contribution in [0.25, 0.3) is 0 Å². The minimum Gasteiger partial charge on any atom is -0.444 e. The number of ether oxygens (including phenoxy) is 2. The lowest BCUT2D eigenvalue weighted by Gasteiger charge is -2.69.